The van der Waals surface area contributed by atoms with Gasteiger partial charge in [-0.3, -0.25) is 14.6 Å². The molecule has 5 nitrogen and oxygen atoms in total. The van der Waals surface area contributed by atoms with E-state index in [-0.39, 0.29) is 5.91 Å². The van der Waals surface area contributed by atoms with Gasteiger partial charge in [-0.05, 0) is 24.6 Å². The van der Waals surface area contributed by atoms with Crippen LogP contribution in [-0.2, 0) is 16.1 Å². The van der Waals surface area contributed by atoms with Gasteiger partial charge in [0.15, 0.2) is 0 Å². The number of hydrogen-bond donors (Lipinski definition) is 1. The monoisotopic (exact) mass is 222 g/mol. The molecule has 0 aliphatic heterocycles. The molecule has 0 aliphatic carbocycles. The molecule has 0 spiro atoms. The highest BCUT2D eigenvalue weighted by Gasteiger charge is 2.15. The van der Waals surface area contributed by atoms with Crippen molar-refractivity contribution in [1.82, 2.24) is 9.88 Å². The molecule has 5 heteroatoms. The van der Waals surface area contributed by atoms with Gasteiger partial charge >= 0.3 is 5.97 Å². The maximum absolute atomic E-state index is 11.5. The van der Waals surface area contributed by atoms with E-state index in [4.69, 9.17) is 5.11 Å². The molecule has 86 valence electrons. The van der Waals surface area contributed by atoms with Gasteiger partial charge in [0.2, 0.25) is 5.91 Å². The fourth-order valence-electron chi connectivity index (χ4n) is 1.33. The van der Waals surface area contributed by atoms with Crippen LogP contribution in [0.15, 0.2) is 24.5 Å². The van der Waals surface area contributed by atoms with Crippen LogP contribution < -0.4 is 0 Å². The third-order valence-electron chi connectivity index (χ3n) is 2.16. The summed E-state index contributed by atoms with van der Waals surface area (Å²) in [5.41, 5.74) is 0.940. The van der Waals surface area contributed by atoms with Crippen molar-refractivity contribution in [3.8, 4) is 0 Å². The number of amides is 1. The lowest BCUT2D eigenvalue weighted by Gasteiger charge is -2.19. The van der Waals surface area contributed by atoms with Crippen LogP contribution in [0.4, 0.5) is 0 Å². The van der Waals surface area contributed by atoms with Crippen molar-refractivity contribution in [3.05, 3.63) is 30.1 Å². The van der Waals surface area contributed by atoms with Crippen molar-refractivity contribution in [2.75, 3.05) is 6.54 Å². The van der Waals surface area contributed by atoms with Crippen molar-refractivity contribution in [1.29, 1.82) is 0 Å². The Kier molecular flexibility index (Phi) is 4.44. The second kappa shape index (κ2) is 5.85. The van der Waals surface area contributed by atoms with Gasteiger partial charge in [-0.15, -0.1) is 0 Å². The Bertz CT molecular complexity index is 365. The number of carboxylic acids is 1. The van der Waals surface area contributed by atoms with Crippen LogP contribution in [-0.4, -0.2) is 33.4 Å². The Balaban J connectivity index is 2.62. The van der Waals surface area contributed by atoms with Gasteiger partial charge in [-0.2, -0.15) is 0 Å². The van der Waals surface area contributed by atoms with Crippen LogP contribution in [0.1, 0.15) is 18.9 Å². The molecule has 0 bridgehead atoms. The SMILES string of the molecule is CCN(Cc1ccncc1)C(=O)CC(=O)O. The smallest absolute Gasteiger partial charge is 0.312 e. The normalized spacial score (nSPS) is 9.81. The first-order chi connectivity index (χ1) is 7.63. The molecule has 1 aromatic rings. The molecular formula is C11H14N2O3. The summed E-state index contributed by atoms with van der Waals surface area (Å²) < 4.78 is 0. The summed E-state index contributed by atoms with van der Waals surface area (Å²) >= 11 is 0. The van der Waals surface area contributed by atoms with E-state index >= 15 is 0 Å². The lowest BCUT2D eigenvalue weighted by molar-refractivity contribution is -0.144. The van der Waals surface area contributed by atoms with E-state index in [2.05, 4.69) is 4.98 Å². The van der Waals surface area contributed by atoms with Gasteiger partial charge in [0.25, 0.3) is 0 Å². The fraction of sp³-hybridized carbons (Fsp3) is 0.364. The predicted octanol–water partition coefficient (Wildman–Crippen LogP) is 0.905. The van der Waals surface area contributed by atoms with E-state index in [0.29, 0.717) is 13.1 Å². The second-order valence-corrected chi connectivity index (χ2v) is 3.33. The molecule has 0 aromatic carbocycles. The molecule has 0 radical (unpaired) electrons. The molecule has 0 atom stereocenters. The highest BCUT2D eigenvalue weighted by molar-refractivity contribution is 5.93. The van der Waals surface area contributed by atoms with Crippen LogP contribution >= 0.6 is 0 Å². The molecule has 1 heterocycles. The number of hydrogen-bond acceptors (Lipinski definition) is 3. The summed E-state index contributed by atoms with van der Waals surface area (Å²) in [6.07, 6.45) is 2.83. The fourth-order valence-corrected chi connectivity index (χ4v) is 1.33. The van der Waals surface area contributed by atoms with E-state index in [1.807, 2.05) is 6.92 Å². The van der Waals surface area contributed by atoms with E-state index in [9.17, 15) is 9.59 Å². The third kappa shape index (κ3) is 3.68. The Hall–Kier alpha value is -1.91. The molecule has 16 heavy (non-hydrogen) atoms. The minimum absolute atomic E-state index is 0.369. The Morgan fingerprint density at radius 1 is 1.38 bits per heavy atom. The summed E-state index contributed by atoms with van der Waals surface area (Å²) in [7, 11) is 0. The second-order valence-electron chi connectivity index (χ2n) is 3.33. The molecule has 1 aromatic heterocycles. The van der Waals surface area contributed by atoms with Crippen LogP contribution in [0.5, 0.6) is 0 Å². The first-order valence-electron chi connectivity index (χ1n) is 5.02. The van der Waals surface area contributed by atoms with Crippen molar-refractivity contribution in [2.45, 2.75) is 19.9 Å². The first kappa shape index (κ1) is 12.2. The van der Waals surface area contributed by atoms with Gasteiger partial charge < -0.3 is 10.0 Å². The van der Waals surface area contributed by atoms with Crippen molar-refractivity contribution in [3.63, 3.8) is 0 Å². The maximum atomic E-state index is 11.5. The number of aliphatic carboxylic acids is 1. The van der Waals surface area contributed by atoms with Gasteiger partial charge in [0.05, 0.1) is 0 Å². The molecule has 1 rings (SSSR count). The van der Waals surface area contributed by atoms with Crippen molar-refractivity contribution >= 4 is 11.9 Å². The summed E-state index contributed by atoms with van der Waals surface area (Å²) in [5, 5.41) is 8.54. The zero-order chi connectivity index (χ0) is 12.0. The quantitative estimate of drug-likeness (QED) is 0.751. The largest absolute Gasteiger partial charge is 0.481 e. The topological polar surface area (TPSA) is 70.5 Å². The Labute approximate surface area is 93.7 Å². The standard InChI is InChI=1S/C11H14N2O3/c1-2-13(10(14)7-11(15)16)8-9-3-5-12-6-4-9/h3-6H,2,7-8H2,1H3,(H,15,16). The Morgan fingerprint density at radius 3 is 2.50 bits per heavy atom. The number of carbonyl (C=O) groups is 2. The molecule has 0 unspecified atom stereocenters. The van der Waals surface area contributed by atoms with E-state index < -0.39 is 12.4 Å². The molecule has 0 saturated carbocycles. The van der Waals surface area contributed by atoms with Crippen molar-refractivity contribution < 1.29 is 14.7 Å². The number of rotatable bonds is 5. The highest BCUT2D eigenvalue weighted by atomic mass is 16.4. The predicted molar refractivity (Wildman–Crippen MR) is 57.6 cm³/mol. The lowest BCUT2D eigenvalue weighted by atomic mass is 10.2. The summed E-state index contributed by atoms with van der Waals surface area (Å²) in [5.74, 6) is -1.47. The third-order valence-corrected chi connectivity index (χ3v) is 2.16. The van der Waals surface area contributed by atoms with E-state index in [1.54, 1.807) is 24.5 Å². The number of nitrogens with zero attached hydrogens (tertiary/aromatic N) is 2. The van der Waals surface area contributed by atoms with Crippen molar-refractivity contribution in [2.24, 2.45) is 0 Å². The number of aromatic nitrogens is 1. The molecular weight excluding hydrogens is 208 g/mol. The Morgan fingerprint density at radius 2 is 2.00 bits per heavy atom. The number of carbonyl (C=O) groups excluding carboxylic acids is 1. The van der Waals surface area contributed by atoms with E-state index in [0.717, 1.165) is 5.56 Å². The first-order valence-corrected chi connectivity index (χ1v) is 5.02. The zero-order valence-corrected chi connectivity index (χ0v) is 9.09. The molecule has 0 aliphatic rings. The molecule has 1 N–H and O–H groups in total. The summed E-state index contributed by atoms with van der Waals surface area (Å²) in [6, 6.07) is 3.60. The highest BCUT2D eigenvalue weighted by Crippen LogP contribution is 2.04. The van der Waals surface area contributed by atoms with Crippen LogP contribution in [0.3, 0.4) is 0 Å². The molecule has 0 fully saturated rings. The van der Waals surface area contributed by atoms with Gasteiger partial charge in [0.1, 0.15) is 6.42 Å². The molecule has 0 saturated heterocycles. The van der Waals surface area contributed by atoms with Crippen LogP contribution in [0.2, 0.25) is 0 Å². The minimum Gasteiger partial charge on any atom is -0.481 e. The maximum Gasteiger partial charge on any atom is 0.312 e. The summed E-state index contributed by atoms with van der Waals surface area (Å²) in [4.78, 5) is 27.3. The lowest BCUT2D eigenvalue weighted by Crippen LogP contribution is -2.31. The van der Waals surface area contributed by atoms with Crippen LogP contribution in [0.25, 0.3) is 0 Å². The van der Waals surface area contributed by atoms with Gasteiger partial charge in [-0.1, -0.05) is 0 Å². The number of pyridine rings is 1. The minimum atomic E-state index is -1.10. The zero-order valence-electron chi connectivity index (χ0n) is 9.09. The van der Waals surface area contributed by atoms with Gasteiger partial charge in [-0.25, -0.2) is 0 Å². The van der Waals surface area contributed by atoms with Gasteiger partial charge in [0, 0.05) is 25.5 Å². The average Bonchev–Trinajstić information content (AvgIpc) is 2.26. The van der Waals surface area contributed by atoms with Crippen LogP contribution in [0, 0.1) is 0 Å². The molecule has 1 amide bonds. The number of carboxylic acid groups (broad SMARTS) is 1. The average molecular weight is 222 g/mol. The van der Waals surface area contributed by atoms with E-state index in [1.165, 1.54) is 4.90 Å². The summed E-state index contributed by atoms with van der Waals surface area (Å²) in [6.45, 7) is 2.74.